The maximum Gasteiger partial charge on any atom is 0.273 e. The minimum Gasteiger partial charge on any atom is -0.372 e. The standard InChI is InChI=1S/C24H26F2N6O2S/c1-16(34-3)22(33)32-24(17-8-5-4-6-9-17,12-7-13-29-23(28-2)30-15-27)35-21(31-32)19-14-18(25)10-11-20(19)26/h4-6,8-11,14,16H,7,12-13H2,1-3H3,(H2,28,29,30)/t16-,24-/m0/s1. The van der Waals surface area contributed by atoms with Crippen LogP contribution in [0.5, 0.6) is 0 Å². The van der Waals surface area contributed by atoms with E-state index in [1.807, 2.05) is 30.3 Å². The molecule has 0 unspecified atom stereocenters. The molecule has 2 N–H and O–H groups in total. The number of guanidine groups is 1. The number of methoxy groups -OCH3 is 1. The van der Waals surface area contributed by atoms with E-state index in [2.05, 4.69) is 20.7 Å². The van der Waals surface area contributed by atoms with Crippen molar-refractivity contribution in [2.75, 3.05) is 20.7 Å². The Hall–Kier alpha value is -3.49. The number of nitriles is 1. The lowest BCUT2D eigenvalue weighted by Gasteiger charge is -2.37. The van der Waals surface area contributed by atoms with Crippen LogP contribution in [-0.4, -0.2) is 48.7 Å². The van der Waals surface area contributed by atoms with Gasteiger partial charge in [0.15, 0.2) is 0 Å². The SMILES string of the molecule is CN/C(=N/C#N)NCCC[C@@]1(c2ccccc2)SC(c2cc(F)ccc2F)=NN1C(=O)[C@H](C)OC. The number of amides is 1. The molecule has 1 heterocycles. The first-order valence-electron chi connectivity index (χ1n) is 10.9. The molecular weight excluding hydrogens is 474 g/mol. The molecule has 0 aromatic heterocycles. The van der Waals surface area contributed by atoms with Gasteiger partial charge in [0.2, 0.25) is 12.2 Å². The summed E-state index contributed by atoms with van der Waals surface area (Å²) in [5.74, 6) is -1.34. The van der Waals surface area contributed by atoms with Gasteiger partial charge < -0.3 is 15.4 Å². The third kappa shape index (κ3) is 5.78. The van der Waals surface area contributed by atoms with Crippen LogP contribution in [0.3, 0.4) is 0 Å². The van der Waals surface area contributed by atoms with Crippen molar-refractivity contribution in [2.24, 2.45) is 10.1 Å². The number of carbonyl (C=O) groups excluding carboxylic acids is 1. The zero-order chi connectivity index (χ0) is 25.4. The molecule has 3 rings (SSSR count). The molecular formula is C24H26F2N6O2S. The lowest BCUT2D eigenvalue weighted by atomic mass is 9.99. The van der Waals surface area contributed by atoms with E-state index in [0.29, 0.717) is 25.3 Å². The van der Waals surface area contributed by atoms with Gasteiger partial charge in [0.25, 0.3) is 5.91 Å². The predicted molar refractivity (Wildman–Crippen MR) is 131 cm³/mol. The Labute approximate surface area is 207 Å². The predicted octanol–water partition coefficient (Wildman–Crippen LogP) is 3.52. The van der Waals surface area contributed by atoms with E-state index < -0.39 is 28.5 Å². The molecule has 8 nitrogen and oxygen atoms in total. The Kier molecular flexibility index (Phi) is 8.78. The van der Waals surface area contributed by atoms with Crippen molar-refractivity contribution in [3.63, 3.8) is 0 Å². The van der Waals surface area contributed by atoms with Gasteiger partial charge in [-0.25, -0.2) is 13.8 Å². The lowest BCUT2D eigenvalue weighted by Crippen LogP contribution is -2.46. The van der Waals surface area contributed by atoms with Gasteiger partial charge >= 0.3 is 0 Å². The summed E-state index contributed by atoms with van der Waals surface area (Å²) in [6.07, 6.45) is 1.85. The van der Waals surface area contributed by atoms with Crippen molar-refractivity contribution in [3.8, 4) is 6.19 Å². The number of ether oxygens (including phenoxy) is 1. The molecule has 0 saturated heterocycles. The van der Waals surface area contributed by atoms with E-state index >= 15 is 0 Å². The summed E-state index contributed by atoms with van der Waals surface area (Å²) in [6, 6.07) is 12.4. The molecule has 2 aromatic rings. The van der Waals surface area contributed by atoms with Crippen LogP contribution in [0.15, 0.2) is 58.6 Å². The largest absolute Gasteiger partial charge is 0.372 e. The number of hydrogen-bond acceptors (Lipinski definition) is 6. The van der Waals surface area contributed by atoms with E-state index in [1.165, 1.54) is 23.9 Å². The number of rotatable bonds is 8. The average Bonchev–Trinajstić information content (AvgIpc) is 3.27. The van der Waals surface area contributed by atoms with Gasteiger partial charge in [-0.1, -0.05) is 42.1 Å². The minimum absolute atomic E-state index is 0.0209. The van der Waals surface area contributed by atoms with Gasteiger partial charge in [-0.3, -0.25) is 4.79 Å². The smallest absolute Gasteiger partial charge is 0.273 e. The summed E-state index contributed by atoms with van der Waals surface area (Å²) in [7, 11) is 3.06. The van der Waals surface area contributed by atoms with Crippen molar-refractivity contribution < 1.29 is 18.3 Å². The third-order valence-corrected chi connectivity index (χ3v) is 6.92. The number of hydrogen-bond donors (Lipinski definition) is 2. The molecule has 1 amide bonds. The molecule has 0 saturated carbocycles. The maximum absolute atomic E-state index is 14.7. The second kappa shape index (κ2) is 11.8. The summed E-state index contributed by atoms with van der Waals surface area (Å²) in [5.41, 5.74) is 0.754. The molecule has 0 fully saturated rings. The Morgan fingerprint density at radius 1 is 1.31 bits per heavy atom. The van der Waals surface area contributed by atoms with E-state index in [9.17, 15) is 13.6 Å². The molecule has 11 heteroatoms. The fourth-order valence-electron chi connectivity index (χ4n) is 3.62. The average molecular weight is 501 g/mol. The first-order valence-corrected chi connectivity index (χ1v) is 11.7. The summed E-state index contributed by atoms with van der Waals surface area (Å²) in [4.78, 5) is 16.0. The van der Waals surface area contributed by atoms with Crippen molar-refractivity contribution in [1.82, 2.24) is 15.6 Å². The van der Waals surface area contributed by atoms with E-state index in [1.54, 1.807) is 20.2 Å². The first-order chi connectivity index (χ1) is 16.9. The fourth-order valence-corrected chi connectivity index (χ4v) is 5.04. The number of carbonyl (C=O) groups is 1. The van der Waals surface area contributed by atoms with Gasteiger partial charge in [0.05, 0.1) is 0 Å². The normalized spacial score (nSPS) is 18.6. The summed E-state index contributed by atoms with van der Waals surface area (Å²) in [5, 5.41) is 20.6. The minimum atomic E-state index is -1.03. The molecule has 0 bridgehead atoms. The molecule has 2 aromatic carbocycles. The third-order valence-electron chi connectivity index (χ3n) is 5.48. The van der Waals surface area contributed by atoms with Crippen molar-refractivity contribution in [3.05, 3.63) is 71.3 Å². The van der Waals surface area contributed by atoms with Crippen LogP contribution < -0.4 is 10.6 Å². The second-order valence-electron chi connectivity index (χ2n) is 7.65. The zero-order valence-corrected chi connectivity index (χ0v) is 20.4. The molecule has 1 aliphatic heterocycles. The van der Waals surface area contributed by atoms with E-state index in [-0.39, 0.29) is 10.6 Å². The summed E-state index contributed by atoms with van der Waals surface area (Å²) in [6.45, 7) is 2.04. The van der Waals surface area contributed by atoms with Crippen molar-refractivity contribution >= 4 is 28.7 Å². The second-order valence-corrected chi connectivity index (χ2v) is 8.92. The molecule has 1 aliphatic rings. The molecule has 0 aliphatic carbocycles. The van der Waals surface area contributed by atoms with Gasteiger partial charge in [-0.2, -0.15) is 10.4 Å². The Morgan fingerprint density at radius 2 is 2.06 bits per heavy atom. The van der Waals surface area contributed by atoms with Gasteiger partial charge in [-0.05, 0) is 43.5 Å². The monoisotopic (exact) mass is 500 g/mol. The molecule has 35 heavy (non-hydrogen) atoms. The van der Waals surface area contributed by atoms with Crippen LogP contribution in [0.2, 0.25) is 0 Å². The van der Waals surface area contributed by atoms with E-state index in [4.69, 9.17) is 10.00 Å². The number of thioether (sulfide) groups is 1. The number of halogens is 2. The number of hydrazone groups is 1. The van der Waals surface area contributed by atoms with Crippen molar-refractivity contribution in [1.29, 1.82) is 5.26 Å². The van der Waals surface area contributed by atoms with E-state index in [0.717, 1.165) is 23.8 Å². The van der Waals surface area contributed by atoms with Gasteiger partial charge in [0, 0.05) is 26.3 Å². The van der Waals surface area contributed by atoms with Crippen LogP contribution in [0.1, 0.15) is 30.9 Å². The van der Waals surface area contributed by atoms with Crippen LogP contribution in [0, 0.1) is 23.1 Å². The summed E-state index contributed by atoms with van der Waals surface area (Å²) >= 11 is 1.19. The Morgan fingerprint density at radius 3 is 2.71 bits per heavy atom. The number of nitrogens with one attached hydrogen (secondary N) is 2. The van der Waals surface area contributed by atoms with Crippen LogP contribution in [-0.2, 0) is 14.4 Å². The highest BCUT2D eigenvalue weighted by Crippen LogP contribution is 2.50. The van der Waals surface area contributed by atoms with Gasteiger partial charge in [-0.15, -0.1) is 4.99 Å². The number of aliphatic imine (C=N–C) groups is 1. The maximum atomic E-state index is 14.7. The zero-order valence-electron chi connectivity index (χ0n) is 19.6. The van der Waals surface area contributed by atoms with Crippen LogP contribution in [0.25, 0.3) is 0 Å². The first kappa shape index (κ1) is 26.1. The Balaban J connectivity index is 2.02. The number of benzene rings is 2. The fraction of sp³-hybridized carbons (Fsp3) is 0.333. The highest BCUT2D eigenvalue weighted by Gasteiger charge is 2.49. The quantitative estimate of drug-likeness (QED) is 0.249. The van der Waals surface area contributed by atoms with Crippen molar-refractivity contribution in [2.45, 2.75) is 30.7 Å². The topological polar surface area (TPSA) is 102 Å². The highest BCUT2D eigenvalue weighted by molar-refractivity contribution is 8.15. The molecule has 0 radical (unpaired) electrons. The van der Waals surface area contributed by atoms with Crippen LogP contribution >= 0.6 is 11.8 Å². The molecule has 2 atom stereocenters. The molecule has 0 spiro atoms. The highest BCUT2D eigenvalue weighted by atomic mass is 32.2. The lowest BCUT2D eigenvalue weighted by molar-refractivity contribution is -0.144. The number of nitrogens with zero attached hydrogens (tertiary/aromatic N) is 4. The van der Waals surface area contributed by atoms with Gasteiger partial charge in [0.1, 0.15) is 27.7 Å². The summed E-state index contributed by atoms with van der Waals surface area (Å²) < 4.78 is 34.0. The molecule has 184 valence electrons. The Bertz CT molecular complexity index is 1150. The van der Waals surface area contributed by atoms with Crippen LogP contribution in [0.4, 0.5) is 8.78 Å².